The average molecular weight is 200 g/mol. The lowest BCUT2D eigenvalue weighted by Gasteiger charge is -2.07. The predicted molar refractivity (Wildman–Crippen MR) is 47.0 cm³/mol. The van der Waals surface area contributed by atoms with Crippen molar-refractivity contribution in [2.24, 2.45) is 0 Å². The maximum atomic E-state index is 13.0. The Morgan fingerprint density at radius 3 is 2.64 bits per heavy atom. The molecule has 1 rings (SSSR count). The van der Waals surface area contributed by atoms with Crippen LogP contribution in [0.25, 0.3) is 0 Å². The Bertz CT molecular complexity index is 350. The third-order valence-corrected chi connectivity index (χ3v) is 1.89. The van der Waals surface area contributed by atoms with Gasteiger partial charge in [-0.15, -0.1) is 0 Å². The molecule has 0 fully saturated rings. The highest BCUT2D eigenvalue weighted by Crippen LogP contribution is 2.12. The summed E-state index contributed by atoms with van der Waals surface area (Å²) in [5.41, 5.74) is -0.277. The topological polar surface area (TPSA) is 37.3 Å². The quantitative estimate of drug-likeness (QED) is 0.757. The Hall–Kier alpha value is -1.29. The minimum Gasteiger partial charge on any atom is -0.385 e. The van der Waals surface area contributed by atoms with Crippen molar-refractivity contribution in [2.45, 2.75) is 19.4 Å². The molecule has 4 heteroatoms. The summed E-state index contributed by atoms with van der Waals surface area (Å²) in [7, 11) is 0. The van der Waals surface area contributed by atoms with Gasteiger partial charge in [0.2, 0.25) is 0 Å². The van der Waals surface area contributed by atoms with Gasteiger partial charge in [0, 0.05) is 6.07 Å². The molecule has 0 bridgehead atoms. The third-order valence-electron chi connectivity index (χ3n) is 1.89. The number of halogens is 2. The average Bonchev–Trinajstić information content (AvgIpc) is 2.15. The monoisotopic (exact) mass is 200 g/mol. The van der Waals surface area contributed by atoms with E-state index < -0.39 is 23.5 Å². The van der Waals surface area contributed by atoms with Crippen molar-refractivity contribution in [2.75, 3.05) is 0 Å². The van der Waals surface area contributed by atoms with E-state index in [1.807, 2.05) is 0 Å². The van der Waals surface area contributed by atoms with Crippen LogP contribution < -0.4 is 0 Å². The van der Waals surface area contributed by atoms with Crippen LogP contribution in [0, 0.1) is 11.6 Å². The fourth-order valence-corrected chi connectivity index (χ4v) is 1.05. The van der Waals surface area contributed by atoms with E-state index in [9.17, 15) is 13.6 Å². The minimum absolute atomic E-state index is 0.204. The Labute approximate surface area is 80.2 Å². The molecule has 0 aromatic heterocycles. The number of hydrogen-bond donors (Lipinski definition) is 1. The molecule has 1 atom stereocenters. The van der Waals surface area contributed by atoms with E-state index >= 15 is 0 Å². The van der Waals surface area contributed by atoms with E-state index in [0.717, 1.165) is 12.1 Å². The van der Waals surface area contributed by atoms with Crippen molar-refractivity contribution < 1.29 is 18.7 Å². The molecule has 0 aliphatic heterocycles. The standard InChI is InChI=1S/C10H10F2O2/c1-2-9(13)10(14)7-4-3-6(11)5-8(7)12/h3-5,9,13H,2H2,1H3. The highest BCUT2D eigenvalue weighted by Gasteiger charge is 2.18. The van der Waals surface area contributed by atoms with Gasteiger partial charge in [-0.1, -0.05) is 6.92 Å². The van der Waals surface area contributed by atoms with E-state index in [0.29, 0.717) is 6.07 Å². The van der Waals surface area contributed by atoms with Crippen LogP contribution in [0.3, 0.4) is 0 Å². The molecule has 1 N–H and O–H groups in total. The van der Waals surface area contributed by atoms with E-state index in [4.69, 9.17) is 5.11 Å². The fraction of sp³-hybridized carbons (Fsp3) is 0.300. The predicted octanol–water partition coefficient (Wildman–Crippen LogP) is 1.92. The van der Waals surface area contributed by atoms with Crippen molar-refractivity contribution in [1.29, 1.82) is 0 Å². The van der Waals surface area contributed by atoms with Gasteiger partial charge in [-0.2, -0.15) is 0 Å². The molecule has 1 unspecified atom stereocenters. The summed E-state index contributed by atoms with van der Waals surface area (Å²) in [6, 6.07) is 2.64. The number of carbonyl (C=O) groups excluding carboxylic acids is 1. The molecular weight excluding hydrogens is 190 g/mol. The number of rotatable bonds is 3. The molecule has 76 valence electrons. The molecule has 0 saturated carbocycles. The lowest BCUT2D eigenvalue weighted by atomic mass is 10.0. The Morgan fingerprint density at radius 1 is 1.50 bits per heavy atom. The van der Waals surface area contributed by atoms with Gasteiger partial charge in [0.15, 0.2) is 5.78 Å². The molecule has 0 aliphatic carbocycles. The van der Waals surface area contributed by atoms with Gasteiger partial charge in [-0.3, -0.25) is 4.79 Å². The minimum atomic E-state index is -1.23. The van der Waals surface area contributed by atoms with Gasteiger partial charge < -0.3 is 5.11 Å². The van der Waals surface area contributed by atoms with E-state index in [1.165, 1.54) is 0 Å². The van der Waals surface area contributed by atoms with Gasteiger partial charge in [0.1, 0.15) is 17.7 Å². The number of carbonyl (C=O) groups is 1. The lowest BCUT2D eigenvalue weighted by molar-refractivity contribution is 0.0736. The van der Waals surface area contributed by atoms with Crippen LogP contribution in [0.1, 0.15) is 23.7 Å². The van der Waals surface area contributed by atoms with Crippen LogP contribution in [-0.2, 0) is 0 Å². The van der Waals surface area contributed by atoms with Crippen LogP contribution in [0.15, 0.2) is 18.2 Å². The maximum absolute atomic E-state index is 13.0. The highest BCUT2D eigenvalue weighted by molar-refractivity contribution is 5.99. The van der Waals surface area contributed by atoms with E-state index in [2.05, 4.69) is 0 Å². The first-order valence-corrected chi connectivity index (χ1v) is 4.23. The van der Waals surface area contributed by atoms with Crippen molar-refractivity contribution in [1.82, 2.24) is 0 Å². The third kappa shape index (κ3) is 2.14. The van der Waals surface area contributed by atoms with Gasteiger partial charge in [0.25, 0.3) is 0 Å². The number of benzene rings is 1. The molecule has 1 aromatic carbocycles. The van der Waals surface area contributed by atoms with E-state index in [-0.39, 0.29) is 12.0 Å². The first-order chi connectivity index (χ1) is 6.56. The summed E-state index contributed by atoms with van der Waals surface area (Å²) in [6.45, 7) is 1.60. The molecule has 0 aliphatic rings. The van der Waals surface area contributed by atoms with Crippen molar-refractivity contribution >= 4 is 5.78 Å². The van der Waals surface area contributed by atoms with Crippen LogP contribution in [-0.4, -0.2) is 17.0 Å². The molecule has 0 saturated heterocycles. The van der Waals surface area contributed by atoms with Crippen molar-refractivity contribution in [3.63, 3.8) is 0 Å². The second-order valence-electron chi connectivity index (χ2n) is 2.91. The number of Topliss-reactive ketones (excluding diaryl/α,β-unsaturated/α-hetero) is 1. The zero-order valence-electron chi connectivity index (χ0n) is 7.63. The zero-order valence-corrected chi connectivity index (χ0v) is 7.63. The molecule has 0 radical (unpaired) electrons. The molecule has 1 aromatic rings. The van der Waals surface area contributed by atoms with Gasteiger partial charge >= 0.3 is 0 Å². The summed E-state index contributed by atoms with van der Waals surface area (Å²) >= 11 is 0. The summed E-state index contributed by atoms with van der Waals surface area (Å²) in [5, 5.41) is 9.16. The number of ketones is 1. The molecule has 0 amide bonds. The highest BCUT2D eigenvalue weighted by atomic mass is 19.1. The lowest BCUT2D eigenvalue weighted by Crippen LogP contribution is -2.20. The Balaban J connectivity index is 3.02. The normalized spacial score (nSPS) is 12.6. The van der Waals surface area contributed by atoms with Crippen LogP contribution in [0.2, 0.25) is 0 Å². The summed E-state index contributed by atoms with van der Waals surface area (Å²) < 4.78 is 25.5. The molecule has 2 nitrogen and oxygen atoms in total. The largest absolute Gasteiger partial charge is 0.385 e. The fourth-order valence-electron chi connectivity index (χ4n) is 1.05. The SMILES string of the molecule is CCC(O)C(=O)c1ccc(F)cc1F. The van der Waals surface area contributed by atoms with Crippen LogP contribution >= 0.6 is 0 Å². The Kier molecular flexibility index (Phi) is 3.30. The van der Waals surface area contributed by atoms with Gasteiger partial charge in [0.05, 0.1) is 5.56 Å². The molecule has 0 spiro atoms. The van der Waals surface area contributed by atoms with Gasteiger partial charge in [-0.25, -0.2) is 8.78 Å². The van der Waals surface area contributed by atoms with Crippen molar-refractivity contribution in [3.8, 4) is 0 Å². The number of aliphatic hydroxyl groups excluding tert-OH is 1. The van der Waals surface area contributed by atoms with Gasteiger partial charge in [-0.05, 0) is 18.6 Å². The molecule has 14 heavy (non-hydrogen) atoms. The zero-order chi connectivity index (χ0) is 10.7. The summed E-state index contributed by atoms with van der Waals surface area (Å²) in [4.78, 5) is 11.3. The molecule has 0 heterocycles. The number of hydrogen-bond acceptors (Lipinski definition) is 2. The second kappa shape index (κ2) is 4.28. The first kappa shape index (κ1) is 10.8. The van der Waals surface area contributed by atoms with Crippen molar-refractivity contribution in [3.05, 3.63) is 35.4 Å². The number of aliphatic hydroxyl groups is 1. The smallest absolute Gasteiger partial charge is 0.194 e. The van der Waals surface area contributed by atoms with Crippen LogP contribution in [0.4, 0.5) is 8.78 Å². The second-order valence-corrected chi connectivity index (χ2v) is 2.91. The summed E-state index contributed by atoms with van der Waals surface area (Å²) in [6.07, 6.45) is -1.02. The van der Waals surface area contributed by atoms with E-state index in [1.54, 1.807) is 6.92 Å². The first-order valence-electron chi connectivity index (χ1n) is 4.23. The maximum Gasteiger partial charge on any atom is 0.194 e. The Morgan fingerprint density at radius 2 is 2.14 bits per heavy atom. The molecular formula is C10H10F2O2. The van der Waals surface area contributed by atoms with Crippen LogP contribution in [0.5, 0.6) is 0 Å². The summed E-state index contributed by atoms with van der Waals surface area (Å²) in [5.74, 6) is -2.41.